The predicted molar refractivity (Wildman–Crippen MR) is 123 cm³/mol. The van der Waals surface area contributed by atoms with Crippen LogP contribution < -0.4 is 9.64 Å². The van der Waals surface area contributed by atoms with Crippen molar-refractivity contribution in [3.8, 4) is 16.3 Å². The van der Waals surface area contributed by atoms with Crippen LogP contribution in [-0.2, 0) is 6.54 Å². The molecule has 3 aromatic rings. The molecular weight excluding hydrogens is 413 g/mol. The first-order chi connectivity index (χ1) is 15.0. The summed E-state index contributed by atoms with van der Waals surface area (Å²) >= 11 is 1.65. The highest BCUT2D eigenvalue weighted by Gasteiger charge is 2.21. The van der Waals surface area contributed by atoms with Crippen LogP contribution in [0.2, 0.25) is 0 Å². The zero-order valence-electron chi connectivity index (χ0n) is 17.8. The molecule has 2 aromatic carbocycles. The van der Waals surface area contributed by atoms with Gasteiger partial charge in [0.1, 0.15) is 16.6 Å². The van der Waals surface area contributed by atoms with Gasteiger partial charge in [0.2, 0.25) is 0 Å². The molecule has 1 aliphatic rings. The van der Waals surface area contributed by atoms with E-state index in [0.717, 1.165) is 54.7 Å². The lowest BCUT2D eigenvalue weighted by molar-refractivity contribution is 0.101. The maximum Gasteiger partial charge on any atom is 0.159 e. The standard InChI is InChI=1S/C24H26FN3O2S/c1-3-30-21-7-4-18(5-8-21)24-26-20(16-31-24)15-27-10-12-28(13-11-27)23-9-6-19(17(2)29)14-22(23)25/h4-9,14,16H,3,10-13,15H2,1-2H3. The molecule has 7 heteroatoms. The molecule has 1 fully saturated rings. The highest BCUT2D eigenvalue weighted by Crippen LogP contribution is 2.27. The van der Waals surface area contributed by atoms with E-state index in [9.17, 15) is 9.18 Å². The first-order valence-corrected chi connectivity index (χ1v) is 11.4. The van der Waals surface area contributed by atoms with Crippen molar-refractivity contribution in [3.63, 3.8) is 0 Å². The van der Waals surface area contributed by atoms with E-state index in [4.69, 9.17) is 9.72 Å². The summed E-state index contributed by atoms with van der Waals surface area (Å²) in [6, 6.07) is 12.8. The summed E-state index contributed by atoms with van der Waals surface area (Å²) in [5.41, 5.74) is 3.12. The Kier molecular flexibility index (Phi) is 6.63. The van der Waals surface area contributed by atoms with E-state index < -0.39 is 0 Å². The van der Waals surface area contributed by atoms with Crippen LogP contribution in [0.25, 0.3) is 10.6 Å². The topological polar surface area (TPSA) is 45.7 Å². The summed E-state index contributed by atoms with van der Waals surface area (Å²) in [6.07, 6.45) is 0. The van der Waals surface area contributed by atoms with Crippen LogP contribution >= 0.6 is 11.3 Å². The van der Waals surface area contributed by atoms with E-state index >= 15 is 0 Å². The van der Waals surface area contributed by atoms with Crippen molar-refractivity contribution in [2.24, 2.45) is 0 Å². The Hall–Kier alpha value is -2.77. The first kappa shape index (κ1) is 21.5. The molecule has 2 heterocycles. The van der Waals surface area contributed by atoms with Gasteiger partial charge in [-0.25, -0.2) is 9.37 Å². The maximum atomic E-state index is 14.4. The van der Waals surface area contributed by atoms with E-state index in [-0.39, 0.29) is 11.6 Å². The molecule has 0 atom stereocenters. The average molecular weight is 440 g/mol. The summed E-state index contributed by atoms with van der Waals surface area (Å²) in [5, 5.41) is 3.11. The van der Waals surface area contributed by atoms with Crippen LogP contribution in [0.4, 0.5) is 10.1 Å². The van der Waals surface area contributed by atoms with Gasteiger partial charge < -0.3 is 9.64 Å². The van der Waals surface area contributed by atoms with Crippen LogP contribution in [0.5, 0.6) is 5.75 Å². The van der Waals surface area contributed by atoms with Crippen molar-refractivity contribution < 1.29 is 13.9 Å². The number of aromatic nitrogens is 1. The van der Waals surface area contributed by atoms with Crippen molar-refractivity contribution in [1.29, 1.82) is 0 Å². The molecule has 162 valence electrons. The smallest absolute Gasteiger partial charge is 0.159 e. The van der Waals surface area contributed by atoms with Crippen molar-refractivity contribution in [2.75, 3.05) is 37.7 Å². The monoisotopic (exact) mass is 439 g/mol. The van der Waals surface area contributed by atoms with E-state index in [1.165, 1.54) is 13.0 Å². The van der Waals surface area contributed by atoms with Crippen LogP contribution in [0.1, 0.15) is 29.9 Å². The summed E-state index contributed by atoms with van der Waals surface area (Å²) < 4.78 is 19.9. The number of piperazine rings is 1. The van der Waals surface area contributed by atoms with Gasteiger partial charge >= 0.3 is 0 Å². The third-order valence-corrected chi connectivity index (χ3v) is 6.36. The van der Waals surface area contributed by atoms with Gasteiger partial charge in [0.25, 0.3) is 0 Å². The number of ketones is 1. The van der Waals surface area contributed by atoms with Crippen molar-refractivity contribution in [2.45, 2.75) is 20.4 Å². The lowest BCUT2D eigenvalue weighted by Gasteiger charge is -2.36. The third-order valence-electron chi connectivity index (χ3n) is 5.42. The largest absolute Gasteiger partial charge is 0.494 e. The summed E-state index contributed by atoms with van der Waals surface area (Å²) in [4.78, 5) is 20.6. The molecule has 5 nitrogen and oxygen atoms in total. The summed E-state index contributed by atoms with van der Waals surface area (Å²) in [5.74, 6) is 0.414. The average Bonchev–Trinajstić information content (AvgIpc) is 3.23. The molecule has 0 bridgehead atoms. The van der Waals surface area contributed by atoms with Crippen molar-refractivity contribution >= 4 is 22.8 Å². The zero-order valence-corrected chi connectivity index (χ0v) is 18.6. The minimum atomic E-state index is -0.333. The number of benzene rings is 2. The molecule has 0 N–H and O–H groups in total. The second kappa shape index (κ2) is 9.58. The van der Waals surface area contributed by atoms with Crippen LogP contribution in [0.15, 0.2) is 47.8 Å². The Morgan fingerprint density at radius 1 is 1.13 bits per heavy atom. The Labute approximate surface area is 186 Å². The molecule has 1 aliphatic heterocycles. The van der Waals surface area contributed by atoms with Crippen LogP contribution in [-0.4, -0.2) is 48.5 Å². The number of anilines is 1. The highest BCUT2D eigenvalue weighted by molar-refractivity contribution is 7.13. The number of carbonyl (C=O) groups is 1. The van der Waals surface area contributed by atoms with E-state index in [2.05, 4.69) is 10.3 Å². The lowest BCUT2D eigenvalue weighted by Crippen LogP contribution is -2.46. The second-order valence-electron chi connectivity index (χ2n) is 7.59. The molecule has 0 unspecified atom stereocenters. The quantitative estimate of drug-likeness (QED) is 0.492. The third kappa shape index (κ3) is 5.11. The fourth-order valence-electron chi connectivity index (χ4n) is 3.73. The van der Waals surface area contributed by atoms with Gasteiger partial charge in [0.15, 0.2) is 5.78 Å². The first-order valence-electron chi connectivity index (χ1n) is 10.5. The van der Waals surface area contributed by atoms with E-state index in [1.807, 2.05) is 36.1 Å². The lowest BCUT2D eigenvalue weighted by atomic mass is 10.1. The zero-order chi connectivity index (χ0) is 21.8. The molecule has 0 radical (unpaired) electrons. The van der Waals surface area contributed by atoms with Crippen molar-refractivity contribution in [3.05, 3.63) is 64.9 Å². The van der Waals surface area contributed by atoms with Gasteiger partial charge in [-0.1, -0.05) is 0 Å². The number of ether oxygens (including phenoxy) is 1. The fraction of sp³-hybridized carbons (Fsp3) is 0.333. The van der Waals surface area contributed by atoms with Gasteiger partial charge in [0, 0.05) is 49.2 Å². The predicted octanol–water partition coefficient (Wildman–Crippen LogP) is 4.87. The minimum absolute atomic E-state index is 0.122. The molecular formula is C24H26FN3O2S. The molecule has 31 heavy (non-hydrogen) atoms. The number of rotatable bonds is 7. The number of halogens is 1. The number of carbonyl (C=O) groups excluding carboxylic acids is 1. The molecule has 0 aliphatic carbocycles. The second-order valence-corrected chi connectivity index (χ2v) is 8.45. The van der Waals surface area contributed by atoms with Gasteiger partial charge in [0.05, 0.1) is 18.0 Å². The van der Waals surface area contributed by atoms with Crippen molar-refractivity contribution in [1.82, 2.24) is 9.88 Å². The minimum Gasteiger partial charge on any atom is -0.494 e. The summed E-state index contributed by atoms with van der Waals surface area (Å²) in [6.45, 7) is 8.03. The number of Topliss-reactive ketones (excluding diaryl/α,β-unsaturated/α-hetero) is 1. The van der Waals surface area contributed by atoms with E-state index in [0.29, 0.717) is 17.9 Å². The Bertz CT molecular complexity index is 1040. The van der Waals surface area contributed by atoms with Crippen LogP contribution in [0, 0.1) is 5.82 Å². The summed E-state index contributed by atoms with van der Waals surface area (Å²) in [7, 11) is 0. The number of hydrogen-bond donors (Lipinski definition) is 0. The molecule has 1 aromatic heterocycles. The Balaban J connectivity index is 1.34. The molecule has 0 saturated carbocycles. The number of hydrogen-bond acceptors (Lipinski definition) is 6. The SMILES string of the molecule is CCOc1ccc(-c2nc(CN3CCN(c4ccc(C(C)=O)cc4F)CC3)cs2)cc1. The van der Waals surface area contributed by atoms with Gasteiger partial charge in [-0.2, -0.15) is 0 Å². The number of thiazole rings is 1. The molecule has 0 spiro atoms. The molecule has 1 saturated heterocycles. The Morgan fingerprint density at radius 2 is 1.87 bits per heavy atom. The molecule has 0 amide bonds. The van der Waals surface area contributed by atoms with Gasteiger partial charge in [-0.05, 0) is 56.3 Å². The van der Waals surface area contributed by atoms with Crippen LogP contribution in [0.3, 0.4) is 0 Å². The van der Waals surface area contributed by atoms with E-state index in [1.54, 1.807) is 23.5 Å². The fourth-order valence-corrected chi connectivity index (χ4v) is 4.55. The Morgan fingerprint density at radius 3 is 2.52 bits per heavy atom. The van der Waals surface area contributed by atoms with Gasteiger partial charge in [-0.15, -0.1) is 11.3 Å². The number of nitrogens with zero attached hydrogens (tertiary/aromatic N) is 3. The molecule has 4 rings (SSSR count). The maximum absolute atomic E-state index is 14.4. The normalized spacial score (nSPS) is 14.6. The van der Waals surface area contributed by atoms with Gasteiger partial charge in [-0.3, -0.25) is 9.69 Å². The highest BCUT2D eigenvalue weighted by atomic mass is 32.1.